The van der Waals surface area contributed by atoms with Crippen LogP contribution in [0.25, 0.3) is 0 Å². The minimum Gasteiger partial charge on any atom is -0.481 e. The number of carbonyl (C=O) groups excluding carboxylic acids is 1. The van der Waals surface area contributed by atoms with Gasteiger partial charge in [-0.3, -0.25) is 9.59 Å². The highest BCUT2D eigenvalue weighted by atomic mass is 16.4. The highest BCUT2D eigenvalue weighted by Gasteiger charge is 2.51. The van der Waals surface area contributed by atoms with Crippen molar-refractivity contribution < 1.29 is 14.7 Å². The zero-order valence-corrected chi connectivity index (χ0v) is 18.2. The van der Waals surface area contributed by atoms with E-state index < -0.39 is 5.97 Å². The van der Waals surface area contributed by atoms with Gasteiger partial charge in [-0.2, -0.15) is 0 Å². The number of aryl methyl sites for hydroxylation is 1. The molecule has 1 fully saturated rings. The minimum atomic E-state index is -0.907. The molecule has 3 rings (SSSR count). The van der Waals surface area contributed by atoms with Gasteiger partial charge in [0, 0.05) is 12.0 Å². The van der Waals surface area contributed by atoms with E-state index in [2.05, 4.69) is 46.8 Å². The van der Waals surface area contributed by atoms with E-state index in [1.54, 1.807) is 0 Å². The summed E-state index contributed by atoms with van der Waals surface area (Å²) in [5.41, 5.74) is 5.12. The van der Waals surface area contributed by atoms with Crippen molar-refractivity contribution in [2.24, 2.45) is 11.3 Å². The van der Waals surface area contributed by atoms with E-state index in [0.717, 1.165) is 17.5 Å². The quantitative estimate of drug-likeness (QED) is 0.587. The van der Waals surface area contributed by atoms with Gasteiger partial charge in [-0.25, -0.2) is 0 Å². The third-order valence-corrected chi connectivity index (χ3v) is 7.94. The number of ketones is 1. The van der Waals surface area contributed by atoms with E-state index >= 15 is 0 Å². The van der Waals surface area contributed by atoms with Crippen molar-refractivity contribution in [2.45, 2.75) is 97.3 Å². The molecular weight excluding hydrogens is 348 g/mol. The summed E-state index contributed by atoms with van der Waals surface area (Å²) in [6.45, 7) is 11.4. The number of carboxylic acid groups (broad SMARTS) is 1. The first-order chi connectivity index (χ1) is 13.1. The van der Waals surface area contributed by atoms with Crippen molar-refractivity contribution in [1.29, 1.82) is 0 Å². The van der Waals surface area contributed by atoms with Gasteiger partial charge in [0.2, 0.25) is 0 Å². The fraction of sp³-hybridized carbons (Fsp3) is 0.680. The molecule has 0 spiro atoms. The van der Waals surface area contributed by atoms with Crippen LogP contribution in [0.4, 0.5) is 0 Å². The number of benzene rings is 1. The van der Waals surface area contributed by atoms with Gasteiger partial charge in [0.1, 0.15) is 0 Å². The highest BCUT2D eigenvalue weighted by Crippen LogP contribution is 2.58. The SMILES string of the molecule is CCC1(C)CCCC2(C)c3cc(C(=O)CCC(=O)O)c(C(C)C)cc3CCC12. The molecule has 28 heavy (non-hydrogen) atoms. The van der Waals surface area contributed by atoms with Crippen LogP contribution in [-0.2, 0) is 16.6 Å². The Labute approximate surface area is 169 Å². The Kier molecular flexibility index (Phi) is 5.76. The zero-order valence-electron chi connectivity index (χ0n) is 18.2. The lowest BCUT2D eigenvalue weighted by Gasteiger charge is -2.55. The van der Waals surface area contributed by atoms with Crippen molar-refractivity contribution in [2.75, 3.05) is 0 Å². The molecule has 3 unspecified atom stereocenters. The van der Waals surface area contributed by atoms with Crippen molar-refractivity contribution in [1.82, 2.24) is 0 Å². The van der Waals surface area contributed by atoms with Crippen molar-refractivity contribution in [3.63, 3.8) is 0 Å². The van der Waals surface area contributed by atoms with E-state index in [1.165, 1.54) is 43.2 Å². The summed E-state index contributed by atoms with van der Waals surface area (Å²) in [4.78, 5) is 23.9. The van der Waals surface area contributed by atoms with E-state index in [-0.39, 0.29) is 30.0 Å². The van der Waals surface area contributed by atoms with Crippen LogP contribution in [0, 0.1) is 11.3 Å². The van der Waals surface area contributed by atoms with E-state index in [1.807, 2.05) is 0 Å². The average molecular weight is 385 g/mol. The molecule has 1 aromatic carbocycles. The van der Waals surface area contributed by atoms with Crippen LogP contribution in [0.3, 0.4) is 0 Å². The van der Waals surface area contributed by atoms with E-state index in [4.69, 9.17) is 5.11 Å². The molecule has 2 aliphatic carbocycles. The largest absolute Gasteiger partial charge is 0.481 e. The molecule has 3 heteroatoms. The predicted molar refractivity (Wildman–Crippen MR) is 113 cm³/mol. The number of Topliss-reactive ketones (excluding diaryl/α,β-unsaturated/α-hetero) is 1. The number of hydrogen-bond acceptors (Lipinski definition) is 2. The van der Waals surface area contributed by atoms with Gasteiger partial charge in [0.25, 0.3) is 0 Å². The number of fused-ring (bicyclic) bond motifs is 3. The van der Waals surface area contributed by atoms with Crippen LogP contribution < -0.4 is 0 Å². The lowest BCUT2D eigenvalue weighted by molar-refractivity contribution is -0.136. The normalized spacial score (nSPS) is 29.3. The van der Waals surface area contributed by atoms with Crippen molar-refractivity contribution in [3.05, 3.63) is 34.4 Å². The molecule has 0 bridgehead atoms. The molecule has 1 aromatic rings. The summed E-state index contributed by atoms with van der Waals surface area (Å²) in [5.74, 6) is -0.0193. The van der Waals surface area contributed by atoms with Crippen LogP contribution in [0.1, 0.15) is 113 Å². The standard InChI is InChI=1S/C25H36O3/c1-6-24(4)12-7-13-25(5)20-15-19(21(26)9-11-23(27)28)18(16(2)3)14-17(20)8-10-22(24)25/h14-16,22H,6-13H2,1-5H3,(H,27,28). The average Bonchev–Trinajstić information content (AvgIpc) is 2.64. The maximum atomic E-state index is 12.9. The summed E-state index contributed by atoms with van der Waals surface area (Å²) in [6.07, 6.45) is 7.24. The molecule has 0 radical (unpaired) electrons. The minimum absolute atomic E-state index is 0.0197. The monoisotopic (exact) mass is 384 g/mol. The fourth-order valence-electron chi connectivity index (χ4n) is 6.17. The van der Waals surface area contributed by atoms with Crippen molar-refractivity contribution >= 4 is 11.8 Å². The van der Waals surface area contributed by atoms with Gasteiger partial charge in [-0.1, -0.05) is 53.5 Å². The molecule has 2 aliphatic rings. The maximum Gasteiger partial charge on any atom is 0.303 e. The molecule has 154 valence electrons. The first kappa shape index (κ1) is 21.1. The molecule has 0 aromatic heterocycles. The molecule has 3 atom stereocenters. The summed E-state index contributed by atoms with van der Waals surface area (Å²) >= 11 is 0. The second-order valence-electron chi connectivity index (χ2n) is 9.94. The lowest BCUT2D eigenvalue weighted by Crippen LogP contribution is -2.49. The molecule has 1 N–H and O–H groups in total. The van der Waals surface area contributed by atoms with Gasteiger partial charge in [-0.15, -0.1) is 0 Å². The van der Waals surface area contributed by atoms with Gasteiger partial charge in [-0.05, 0) is 71.1 Å². The Morgan fingerprint density at radius 2 is 1.89 bits per heavy atom. The molecule has 0 heterocycles. The van der Waals surface area contributed by atoms with Crippen LogP contribution in [-0.4, -0.2) is 16.9 Å². The number of rotatable bonds is 6. The molecule has 0 amide bonds. The Morgan fingerprint density at radius 3 is 2.50 bits per heavy atom. The third-order valence-electron chi connectivity index (χ3n) is 7.94. The van der Waals surface area contributed by atoms with E-state index in [0.29, 0.717) is 11.3 Å². The lowest BCUT2D eigenvalue weighted by atomic mass is 9.49. The molecule has 0 aliphatic heterocycles. The smallest absolute Gasteiger partial charge is 0.303 e. The Balaban J connectivity index is 2.09. The maximum absolute atomic E-state index is 12.9. The predicted octanol–water partition coefficient (Wildman–Crippen LogP) is 6.28. The van der Waals surface area contributed by atoms with E-state index in [9.17, 15) is 9.59 Å². The molecular formula is C25H36O3. The Bertz CT molecular complexity index is 778. The third kappa shape index (κ3) is 3.53. The summed E-state index contributed by atoms with van der Waals surface area (Å²) < 4.78 is 0. The zero-order chi connectivity index (χ0) is 20.7. The second kappa shape index (κ2) is 7.65. The molecule has 1 saturated carbocycles. The summed E-state index contributed by atoms with van der Waals surface area (Å²) in [7, 11) is 0. The van der Waals surface area contributed by atoms with Crippen LogP contribution in [0.5, 0.6) is 0 Å². The fourth-order valence-corrected chi connectivity index (χ4v) is 6.17. The first-order valence-corrected chi connectivity index (χ1v) is 11.0. The van der Waals surface area contributed by atoms with Crippen LogP contribution in [0.2, 0.25) is 0 Å². The highest BCUT2D eigenvalue weighted by molar-refractivity contribution is 5.99. The van der Waals surface area contributed by atoms with Crippen molar-refractivity contribution in [3.8, 4) is 0 Å². The number of hydrogen-bond donors (Lipinski definition) is 1. The topological polar surface area (TPSA) is 54.4 Å². The van der Waals surface area contributed by atoms with Crippen LogP contribution >= 0.6 is 0 Å². The number of carbonyl (C=O) groups is 2. The molecule has 3 nitrogen and oxygen atoms in total. The van der Waals surface area contributed by atoms with Gasteiger partial charge < -0.3 is 5.11 Å². The van der Waals surface area contributed by atoms with Gasteiger partial charge >= 0.3 is 5.97 Å². The second-order valence-corrected chi connectivity index (χ2v) is 9.94. The van der Waals surface area contributed by atoms with Gasteiger partial charge in [0.05, 0.1) is 6.42 Å². The summed E-state index contributed by atoms with van der Waals surface area (Å²) in [6, 6.07) is 4.44. The molecule has 0 saturated heterocycles. The Morgan fingerprint density at radius 1 is 1.18 bits per heavy atom. The van der Waals surface area contributed by atoms with Crippen LogP contribution in [0.15, 0.2) is 12.1 Å². The number of aliphatic carboxylic acids is 1. The first-order valence-electron chi connectivity index (χ1n) is 11.0. The summed E-state index contributed by atoms with van der Waals surface area (Å²) in [5, 5.41) is 9.01. The Hall–Kier alpha value is -1.64. The number of carboxylic acids is 1. The van der Waals surface area contributed by atoms with Gasteiger partial charge in [0.15, 0.2) is 5.78 Å².